The van der Waals surface area contributed by atoms with Crippen molar-refractivity contribution < 1.29 is 23.3 Å². The van der Waals surface area contributed by atoms with Crippen LogP contribution in [0, 0.1) is 5.92 Å². The molecule has 3 aromatic heterocycles. The number of imide groups is 1. The molecule has 0 saturated carbocycles. The number of piperidine rings is 2. The monoisotopic (exact) mass is 1080 g/mol. The van der Waals surface area contributed by atoms with Crippen LogP contribution in [0.2, 0.25) is 0 Å². The molecule has 0 bridgehead atoms. The predicted octanol–water partition coefficient (Wildman–Crippen LogP) is 6.66. The molecule has 4 aliphatic rings. The van der Waals surface area contributed by atoms with Crippen molar-refractivity contribution in [1.29, 1.82) is 0 Å². The summed E-state index contributed by atoms with van der Waals surface area (Å²) in [7, 11) is -2.91. The van der Waals surface area contributed by atoms with Crippen molar-refractivity contribution in [3.63, 3.8) is 0 Å². The first-order chi connectivity index (χ1) is 35.2. The summed E-state index contributed by atoms with van der Waals surface area (Å²) in [4.78, 5) is 70.3. The molecular formula is C52H64BrN12O7P. The number of aromatic nitrogens is 5. The molecule has 19 nitrogen and oxygen atoms in total. The van der Waals surface area contributed by atoms with Crippen LogP contribution in [-0.4, -0.2) is 131 Å². The van der Waals surface area contributed by atoms with Crippen LogP contribution in [0.3, 0.4) is 0 Å². The molecule has 2 amide bonds. The molecule has 21 heteroatoms. The highest BCUT2D eigenvalue weighted by Crippen LogP contribution is 2.42. The third-order valence-electron chi connectivity index (χ3n) is 15.0. The number of hydrogen-bond donors (Lipinski definition) is 3. The number of nitrogens with zero attached hydrogens (tertiary/aromatic N) is 9. The van der Waals surface area contributed by atoms with Gasteiger partial charge in [0.05, 0.1) is 45.2 Å². The molecule has 1 unspecified atom stereocenters. The average Bonchev–Trinajstić information content (AvgIpc) is 3.98. The summed E-state index contributed by atoms with van der Waals surface area (Å²) in [5.41, 5.74) is 5.44. The Bertz CT molecular complexity index is 3250. The normalized spacial score (nSPS) is 19.5. The number of benzene rings is 3. The number of oxazole rings is 1. The third kappa shape index (κ3) is 10.3. The molecule has 3 aromatic carbocycles. The summed E-state index contributed by atoms with van der Waals surface area (Å²) >= 11 is 3.61. The fourth-order valence-electron chi connectivity index (χ4n) is 11.3. The molecule has 3 N–H and O–H groups in total. The van der Waals surface area contributed by atoms with E-state index in [0.29, 0.717) is 80.0 Å². The van der Waals surface area contributed by atoms with Crippen molar-refractivity contribution in [2.75, 3.05) is 99.3 Å². The number of carbonyl (C=O) groups excluding carboxylic acids is 2. The molecular weight excluding hydrogens is 1020 g/mol. The second-order valence-corrected chi connectivity index (χ2v) is 23.9. The number of halogens is 1. The molecule has 0 radical (unpaired) electrons. The molecule has 386 valence electrons. The van der Waals surface area contributed by atoms with E-state index >= 15 is 0 Å². The van der Waals surface area contributed by atoms with Gasteiger partial charge in [-0.25, -0.2) is 14.5 Å². The van der Waals surface area contributed by atoms with E-state index in [0.717, 1.165) is 96.0 Å². The number of rotatable bonds is 15. The maximum Gasteiger partial charge on any atom is 0.420 e. The second-order valence-electron chi connectivity index (χ2n) is 19.9. The number of para-hydroxylation sites is 1. The fraction of sp³-hybridized carbons (Fsp3) is 0.481. The minimum atomic E-state index is -2.91. The van der Waals surface area contributed by atoms with Gasteiger partial charge in [-0.3, -0.25) is 29.2 Å². The van der Waals surface area contributed by atoms with Crippen LogP contribution in [0.25, 0.3) is 21.9 Å². The molecule has 0 aliphatic carbocycles. The topological polar surface area (TPSA) is 205 Å². The minimum Gasteiger partial charge on any atom is -0.492 e. The summed E-state index contributed by atoms with van der Waals surface area (Å²) in [6.45, 7) is 19.1. The Morgan fingerprint density at radius 3 is 2.37 bits per heavy atom. The molecule has 0 spiro atoms. The molecule has 6 aromatic rings. The maximum atomic E-state index is 13.8. The lowest BCUT2D eigenvalue weighted by molar-refractivity contribution is -0.135. The van der Waals surface area contributed by atoms with Gasteiger partial charge in [0.25, 0.3) is 5.56 Å². The third-order valence-corrected chi connectivity index (χ3v) is 17.1. The quantitative estimate of drug-likeness (QED) is 0.0726. The summed E-state index contributed by atoms with van der Waals surface area (Å²) in [5.74, 6) is 0.645. The van der Waals surface area contributed by atoms with Crippen LogP contribution >= 0.6 is 23.1 Å². The summed E-state index contributed by atoms with van der Waals surface area (Å²) < 4.78 is 29.3. The van der Waals surface area contributed by atoms with Crippen LogP contribution in [-0.2, 0) is 27.1 Å². The lowest BCUT2D eigenvalue weighted by Crippen LogP contribution is -2.54. The second kappa shape index (κ2) is 21.0. The van der Waals surface area contributed by atoms with Crippen molar-refractivity contribution in [2.24, 2.45) is 5.92 Å². The number of anilines is 6. The Morgan fingerprint density at radius 1 is 0.863 bits per heavy atom. The highest BCUT2D eigenvalue weighted by atomic mass is 79.9. The zero-order valence-corrected chi connectivity index (χ0v) is 44.6. The Labute approximate surface area is 432 Å². The number of fused-ring (bicyclic) bond motifs is 2. The Balaban J connectivity index is 0.753. The first-order valence-corrected chi connectivity index (χ1v) is 29.0. The summed E-state index contributed by atoms with van der Waals surface area (Å²) in [6, 6.07) is 13.3. The van der Waals surface area contributed by atoms with E-state index in [-0.39, 0.29) is 24.3 Å². The number of nitrogens with one attached hydrogen (secondary N) is 3. The molecule has 4 saturated heterocycles. The van der Waals surface area contributed by atoms with Gasteiger partial charge in [0.2, 0.25) is 17.8 Å². The highest BCUT2D eigenvalue weighted by Gasteiger charge is 2.35. The lowest BCUT2D eigenvalue weighted by atomic mass is 9.99. The van der Waals surface area contributed by atoms with Gasteiger partial charge in [0.1, 0.15) is 24.8 Å². The van der Waals surface area contributed by atoms with Crippen molar-refractivity contribution in [2.45, 2.75) is 77.9 Å². The summed E-state index contributed by atoms with van der Waals surface area (Å²) in [6.07, 6.45) is 7.78. The van der Waals surface area contributed by atoms with Crippen molar-refractivity contribution in [1.82, 2.24) is 39.4 Å². The van der Waals surface area contributed by atoms with Crippen LogP contribution in [0.5, 0.6) is 5.75 Å². The van der Waals surface area contributed by atoms with Gasteiger partial charge in [-0.2, -0.15) is 10.1 Å². The molecule has 73 heavy (non-hydrogen) atoms. The van der Waals surface area contributed by atoms with Gasteiger partial charge in [0.15, 0.2) is 5.58 Å². The number of aryl methyl sites for hydroxylation is 2. The number of hydrogen-bond acceptors (Lipinski definition) is 16. The van der Waals surface area contributed by atoms with E-state index in [1.54, 1.807) is 37.9 Å². The lowest BCUT2D eigenvalue weighted by Gasteiger charge is -2.44. The Hall–Kier alpha value is -6.08. The Morgan fingerprint density at radius 2 is 1.64 bits per heavy atom. The van der Waals surface area contributed by atoms with E-state index in [1.807, 2.05) is 32.0 Å². The van der Waals surface area contributed by atoms with Gasteiger partial charge in [-0.15, -0.1) is 0 Å². The van der Waals surface area contributed by atoms with Gasteiger partial charge >= 0.3 is 5.76 Å². The number of amides is 2. The zero-order valence-electron chi connectivity index (χ0n) is 42.2. The van der Waals surface area contributed by atoms with Crippen molar-refractivity contribution in [3.05, 3.63) is 85.8 Å². The average molecular weight is 1080 g/mol. The standard InChI is InChI=1S/C52H64BrN12O7P/c1-6-33-26-39(57-51-54-29-37(53)48(59-51)56-38-13-12-35-36(47(38)73(4,5)70)28-55-64(7-2)50(35)68)44(71-8-3)27-43(33)62-20-17-34(18-21-62)61-24-22-60(23-25-61)30-32-16-19-63(31-32)40-10-9-11-41-46(40)72-52(69)65(41)42-14-15-45(66)58-49(42)67/h9-13,26-29,32,34,42H,6-8,14-25,30-31H2,1-5H3,(H,58,66,67)(H2,54,56,57,59)/t32-,42?/m0/s1. The van der Waals surface area contributed by atoms with E-state index in [4.69, 9.17) is 14.1 Å². The summed E-state index contributed by atoms with van der Waals surface area (Å²) in [5, 5.41) is 15.1. The van der Waals surface area contributed by atoms with Crippen LogP contribution < -0.4 is 47.1 Å². The molecule has 4 fully saturated rings. The van der Waals surface area contributed by atoms with Gasteiger partial charge in [0, 0.05) is 107 Å². The predicted molar refractivity (Wildman–Crippen MR) is 290 cm³/mol. The van der Waals surface area contributed by atoms with Crippen molar-refractivity contribution >= 4 is 96.6 Å². The van der Waals surface area contributed by atoms with E-state index in [2.05, 4.69) is 80.6 Å². The van der Waals surface area contributed by atoms with E-state index in [1.165, 1.54) is 20.5 Å². The van der Waals surface area contributed by atoms with E-state index in [9.17, 15) is 23.7 Å². The van der Waals surface area contributed by atoms with Gasteiger partial charge in [-0.05, 0) is 117 Å². The number of carbonyl (C=O) groups is 2. The fourth-order valence-corrected chi connectivity index (χ4v) is 13.1. The van der Waals surface area contributed by atoms with Gasteiger partial charge in [-0.1, -0.05) is 13.0 Å². The molecule has 4 aliphatic heterocycles. The van der Waals surface area contributed by atoms with Crippen LogP contribution in [0.4, 0.5) is 34.5 Å². The molecule has 7 heterocycles. The van der Waals surface area contributed by atoms with E-state index < -0.39 is 24.8 Å². The first kappa shape index (κ1) is 50.5. The maximum absolute atomic E-state index is 13.8. The Kier molecular flexibility index (Phi) is 14.5. The zero-order chi connectivity index (χ0) is 51.1. The molecule has 10 rings (SSSR count). The van der Waals surface area contributed by atoms with Crippen molar-refractivity contribution in [3.8, 4) is 5.75 Å². The molecule has 2 atom stereocenters. The van der Waals surface area contributed by atoms with Crippen LogP contribution in [0.15, 0.2) is 73.3 Å². The highest BCUT2D eigenvalue weighted by molar-refractivity contribution is 9.10. The largest absolute Gasteiger partial charge is 0.492 e. The number of ether oxygens (including phenoxy) is 1. The first-order valence-electron chi connectivity index (χ1n) is 25.6. The smallest absolute Gasteiger partial charge is 0.420 e. The SMILES string of the molecule is CCOc1cc(N2CCC(N3CCN(C[C@@H]4CCN(c5cccc6c5oc(=O)n6C5CCC(=O)NC5=O)C4)CC3)CC2)c(CC)cc1Nc1ncc(Br)c(Nc2ccc3c(=O)n(CC)ncc3c2P(C)(C)=O)n1. The van der Waals surface area contributed by atoms with Gasteiger partial charge < -0.3 is 39.1 Å². The van der Waals surface area contributed by atoms with Crippen LogP contribution in [0.1, 0.15) is 64.5 Å². The minimum absolute atomic E-state index is 0.184. The number of piperazine rings is 1.